The first kappa shape index (κ1) is 27.8. The van der Waals surface area contributed by atoms with Crippen molar-refractivity contribution in [3.8, 4) is 0 Å². The largest absolute Gasteiger partial charge is 0.354 e. The summed E-state index contributed by atoms with van der Waals surface area (Å²) in [6.07, 6.45) is 1.56. The Morgan fingerprint density at radius 3 is 2.30 bits per heavy atom. The summed E-state index contributed by atoms with van der Waals surface area (Å²) in [7, 11) is 0. The van der Waals surface area contributed by atoms with Crippen LogP contribution in [0.2, 0.25) is 15.1 Å². The lowest BCUT2D eigenvalue weighted by Crippen LogP contribution is -2.49. The van der Waals surface area contributed by atoms with Gasteiger partial charge in [0, 0.05) is 39.5 Å². The summed E-state index contributed by atoms with van der Waals surface area (Å²) in [5, 5.41) is 4.68. The van der Waals surface area contributed by atoms with Crippen LogP contribution in [0, 0.1) is 5.92 Å². The smallest absolute Gasteiger partial charge is 0.242 e. The number of amides is 2. The maximum Gasteiger partial charge on any atom is 0.242 e. The summed E-state index contributed by atoms with van der Waals surface area (Å²) in [6, 6.07) is 12.3. The number of halogens is 3. The zero-order chi connectivity index (χ0) is 24.4. The van der Waals surface area contributed by atoms with Crippen molar-refractivity contribution in [1.82, 2.24) is 10.2 Å². The first-order valence-corrected chi connectivity index (χ1v) is 13.2. The minimum absolute atomic E-state index is 0.0655. The highest BCUT2D eigenvalue weighted by atomic mass is 35.5. The van der Waals surface area contributed by atoms with E-state index in [2.05, 4.69) is 5.32 Å². The van der Waals surface area contributed by atoms with Gasteiger partial charge in [0.25, 0.3) is 0 Å². The first-order chi connectivity index (χ1) is 15.7. The van der Waals surface area contributed by atoms with E-state index < -0.39 is 6.04 Å². The predicted octanol–water partition coefficient (Wildman–Crippen LogP) is 7.10. The fraction of sp³-hybridized carbons (Fsp3) is 0.440. The zero-order valence-electron chi connectivity index (χ0n) is 19.2. The molecule has 1 atom stereocenters. The summed E-state index contributed by atoms with van der Waals surface area (Å²) in [5.74, 6) is 0.912. The fourth-order valence-electron chi connectivity index (χ4n) is 3.26. The predicted molar refractivity (Wildman–Crippen MR) is 140 cm³/mol. The van der Waals surface area contributed by atoms with Gasteiger partial charge in [-0.15, -0.1) is 11.8 Å². The maximum atomic E-state index is 13.3. The lowest BCUT2D eigenvalue weighted by atomic mass is 10.1. The number of hydrogen-bond acceptors (Lipinski definition) is 3. The average Bonchev–Trinajstić information content (AvgIpc) is 2.77. The topological polar surface area (TPSA) is 49.4 Å². The molecule has 2 rings (SSSR count). The number of thioether (sulfide) groups is 1. The molecular weight excluding hydrogens is 499 g/mol. The van der Waals surface area contributed by atoms with Crippen molar-refractivity contribution in [3.05, 3.63) is 63.1 Å². The molecule has 0 aliphatic rings. The van der Waals surface area contributed by atoms with E-state index in [-0.39, 0.29) is 18.4 Å². The molecule has 0 saturated heterocycles. The molecule has 0 radical (unpaired) electrons. The average molecular weight is 530 g/mol. The van der Waals surface area contributed by atoms with Crippen LogP contribution < -0.4 is 5.32 Å². The van der Waals surface area contributed by atoms with E-state index in [1.807, 2.05) is 45.0 Å². The van der Waals surface area contributed by atoms with Crippen molar-refractivity contribution in [2.45, 2.75) is 57.5 Å². The van der Waals surface area contributed by atoms with Crippen LogP contribution >= 0.6 is 46.6 Å². The van der Waals surface area contributed by atoms with E-state index in [9.17, 15) is 9.59 Å². The summed E-state index contributed by atoms with van der Waals surface area (Å²) in [4.78, 5) is 29.0. The molecule has 0 aromatic heterocycles. The Morgan fingerprint density at radius 2 is 1.70 bits per heavy atom. The molecule has 2 amide bonds. The molecule has 8 heteroatoms. The minimum Gasteiger partial charge on any atom is -0.354 e. The van der Waals surface area contributed by atoms with Crippen LogP contribution in [0.25, 0.3) is 0 Å². The van der Waals surface area contributed by atoms with Gasteiger partial charge in [0.15, 0.2) is 0 Å². The van der Waals surface area contributed by atoms with Gasteiger partial charge in [0.2, 0.25) is 11.8 Å². The summed E-state index contributed by atoms with van der Waals surface area (Å²) < 4.78 is 0. The Bertz CT molecular complexity index is 922. The van der Waals surface area contributed by atoms with E-state index in [1.165, 1.54) is 0 Å². The van der Waals surface area contributed by atoms with Gasteiger partial charge in [-0.05, 0) is 66.5 Å². The quantitative estimate of drug-likeness (QED) is 0.236. The van der Waals surface area contributed by atoms with E-state index in [0.29, 0.717) is 46.8 Å². The van der Waals surface area contributed by atoms with E-state index in [0.717, 1.165) is 16.2 Å². The standard InChI is InChI=1S/C25H31Cl3N2O2S/c1-4-23(25(32)29-15-17(2)3)30(16-18-7-8-20(27)14-22(18)28)24(31)6-5-13-33-21-11-9-19(26)10-12-21/h7-12,14,17,23H,4-6,13,15-16H2,1-3H3,(H,29,32)/t23-/m1/s1. The second-order valence-corrected chi connectivity index (χ2v) is 10.7. The highest BCUT2D eigenvalue weighted by molar-refractivity contribution is 7.99. The van der Waals surface area contributed by atoms with Gasteiger partial charge in [0.05, 0.1) is 0 Å². The Kier molecular flexibility index (Phi) is 11.9. The molecule has 4 nitrogen and oxygen atoms in total. The number of rotatable bonds is 12. The van der Waals surface area contributed by atoms with Crippen molar-refractivity contribution in [3.63, 3.8) is 0 Å². The van der Waals surface area contributed by atoms with Gasteiger partial charge >= 0.3 is 0 Å². The van der Waals surface area contributed by atoms with Gasteiger partial charge in [-0.1, -0.05) is 61.6 Å². The molecule has 0 spiro atoms. The van der Waals surface area contributed by atoms with Crippen molar-refractivity contribution >= 4 is 58.4 Å². The molecule has 0 unspecified atom stereocenters. The van der Waals surface area contributed by atoms with Crippen molar-refractivity contribution < 1.29 is 9.59 Å². The molecule has 0 saturated carbocycles. The second kappa shape index (κ2) is 14.1. The molecule has 33 heavy (non-hydrogen) atoms. The molecule has 0 aliphatic carbocycles. The van der Waals surface area contributed by atoms with Crippen LogP contribution in [0.5, 0.6) is 0 Å². The summed E-state index contributed by atoms with van der Waals surface area (Å²) in [6.45, 7) is 6.81. The summed E-state index contributed by atoms with van der Waals surface area (Å²) in [5.41, 5.74) is 0.764. The SMILES string of the molecule is CC[C@H](C(=O)NCC(C)C)N(Cc1ccc(Cl)cc1Cl)C(=O)CCCSc1ccc(Cl)cc1. The zero-order valence-corrected chi connectivity index (χ0v) is 22.3. The fourth-order valence-corrected chi connectivity index (χ4v) is 4.71. The maximum absolute atomic E-state index is 13.3. The first-order valence-electron chi connectivity index (χ1n) is 11.1. The Balaban J connectivity index is 2.09. The molecule has 0 fully saturated rings. The monoisotopic (exact) mass is 528 g/mol. The Morgan fingerprint density at radius 1 is 1.03 bits per heavy atom. The van der Waals surface area contributed by atoms with Gasteiger partial charge in [-0.2, -0.15) is 0 Å². The van der Waals surface area contributed by atoms with Crippen molar-refractivity contribution in [2.24, 2.45) is 5.92 Å². The number of nitrogens with one attached hydrogen (secondary N) is 1. The molecule has 0 heterocycles. The molecule has 2 aromatic carbocycles. The van der Waals surface area contributed by atoms with E-state index in [4.69, 9.17) is 34.8 Å². The Hall–Kier alpha value is -1.40. The molecule has 1 N–H and O–H groups in total. The van der Waals surface area contributed by atoms with Crippen molar-refractivity contribution in [1.29, 1.82) is 0 Å². The highest BCUT2D eigenvalue weighted by Crippen LogP contribution is 2.25. The normalized spacial score (nSPS) is 12.0. The van der Waals surface area contributed by atoms with Crippen LogP contribution in [0.1, 0.15) is 45.6 Å². The van der Waals surface area contributed by atoms with E-state index >= 15 is 0 Å². The molecule has 2 aromatic rings. The van der Waals surface area contributed by atoms with Gasteiger partial charge in [0.1, 0.15) is 6.04 Å². The summed E-state index contributed by atoms with van der Waals surface area (Å²) >= 11 is 20.0. The number of carbonyl (C=O) groups is 2. The van der Waals surface area contributed by atoms with Crippen LogP contribution in [0.3, 0.4) is 0 Å². The van der Waals surface area contributed by atoms with Gasteiger partial charge in [-0.25, -0.2) is 0 Å². The van der Waals surface area contributed by atoms with E-state index in [1.54, 1.807) is 34.9 Å². The van der Waals surface area contributed by atoms with Crippen LogP contribution in [0.15, 0.2) is 47.4 Å². The minimum atomic E-state index is -0.563. The lowest BCUT2D eigenvalue weighted by molar-refractivity contribution is -0.141. The highest BCUT2D eigenvalue weighted by Gasteiger charge is 2.28. The molecule has 0 bridgehead atoms. The number of nitrogens with zero attached hydrogens (tertiary/aromatic N) is 1. The third-order valence-corrected chi connectivity index (χ3v) is 6.98. The second-order valence-electron chi connectivity index (χ2n) is 8.23. The van der Waals surface area contributed by atoms with Crippen LogP contribution in [-0.4, -0.2) is 35.1 Å². The molecular formula is C25H31Cl3N2O2S. The number of carbonyl (C=O) groups excluding carboxylic acids is 2. The van der Waals surface area contributed by atoms with Gasteiger partial charge in [-0.3, -0.25) is 9.59 Å². The van der Waals surface area contributed by atoms with Crippen LogP contribution in [0.4, 0.5) is 0 Å². The number of benzene rings is 2. The van der Waals surface area contributed by atoms with Crippen LogP contribution in [-0.2, 0) is 16.1 Å². The molecule has 180 valence electrons. The third-order valence-electron chi connectivity index (χ3n) is 5.04. The van der Waals surface area contributed by atoms with Gasteiger partial charge < -0.3 is 10.2 Å². The molecule has 0 aliphatic heterocycles. The lowest BCUT2D eigenvalue weighted by Gasteiger charge is -2.31. The third kappa shape index (κ3) is 9.40. The van der Waals surface area contributed by atoms with Crippen molar-refractivity contribution in [2.75, 3.05) is 12.3 Å². The Labute approximate surface area is 216 Å². The number of hydrogen-bond donors (Lipinski definition) is 1.